The average Bonchev–Trinajstić information content (AvgIpc) is 3.03. The van der Waals surface area contributed by atoms with Gasteiger partial charge in [-0.1, -0.05) is 12.1 Å². The van der Waals surface area contributed by atoms with Crippen molar-refractivity contribution in [1.29, 1.82) is 47.4 Å². The molecule has 216 valence electrons. The summed E-state index contributed by atoms with van der Waals surface area (Å²) < 4.78 is 85.4. The summed E-state index contributed by atoms with van der Waals surface area (Å²) in [5.74, 6) is 0. The molecule has 3 aromatic rings. The number of hydrogen-bond donors (Lipinski definition) is 0. The molecule has 15 heteroatoms. The highest BCUT2D eigenvalue weighted by atomic mass is 19.4. The van der Waals surface area contributed by atoms with Crippen LogP contribution >= 0.6 is 0 Å². The molecule has 0 atom stereocenters. The summed E-state index contributed by atoms with van der Waals surface area (Å²) in [5.41, 5.74) is -14.3. The van der Waals surface area contributed by atoms with Gasteiger partial charge < -0.3 is 0 Å². The van der Waals surface area contributed by atoms with Gasteiger partial charge in [0.25, 0.3) is 0 Å². The summed E-state index contributed by atoms with van der Waals surface area (Å²) in [6.45, 7) is 0. The number of hydrogen-bond acceptors (Lipinski definition) is 9. The second kappa shape index (κ2) is 12.3. The van der Waals surface area contributed by atoms with Crippen LogP contribution in [0.5, 0.6) is 0 Å². The van der Waals surface area contributed by atoms with Crippen LogP contribution in [-0.4, -0.2) is 0 Å². The molecule has 0 aliphatic rings. The van der Waals surface area contributed by atoms with Crippen LogP contribution in [-0.2, 0) is 12.4 Å². The lowest BCUT2D eigenvalue weighted by molar-refractivity contribution is -0.138. The Hall–Kier alpha value is -7.61. The highest BCUT2D eigenvalue weighted by molar-refractivity contribution is 5.86. The number of halogens is 6. The molecule has 0 aromatic heterocycles. The minimum Gasteiger partial charge on any atom is -0.192 e. The molecule has 0 radical (unpaired) electrons. The zero-order chi connectivity index (χ0) is 34.6. The predicted octanol–water partition coefficient (Wildman–Crippen LogP) is 4.27. The van der Waals surface area contributed by atoms with E-state index in [-0.39, 0.29) is 0 Å². The van der Waals surface area contributed by atoms with E-state index in [0.29, 0.717) is 18.2 Å². The number of rotatable bonds is 2. The molecule has 0 bridgehead atoms. The minimum atomic E-state index is -5.38. The maximum Gasteiger partial charge on any atom is 0.418 e. The van der Waals surface area contributed by atoms with Gasteiger partial charge >= 0.3 is 12.4 Å². The number of nitriles is 9. The van der Waals surface area contributed by atoms with Crippen molar-refractivity contribution in [3.63, 3.8) is 0 Å². The summed E-state index contributed by atoms with van der Waals surface area (Å²) in [4.78, 5) is 0. The Morgan fingerprint density at radius 1 is 0.457 bits per heavy atom. The Morgan fingerprint density at radius 3 is 1.17 bits per heavy atom. The third kappa shape index (κ3) is 5.34. The van der Waals surface area contributed by atoms with Crippen LogP contribution in [0.15, 0.2) is 30.3 Å². The van der Waals surface area contributed by atoms with Gasteiger partial charge in [-0.3, -0.25) is 0 Å². The fraction of sp³-hybridized carbons (Fsp3) is 0.0645. The molecule has 0 aliphatic carbocycles. The summed E-state index contributed by atoms with van der Waals surface area (Å²) in [7, 11) is 0. The molecule has 3 rings (SSSR count). The van der Waals surface area contributed by atoms with E-state index in [1.54, 1.807) is 0 Å². The van der Waals surface area contributed by atoms with Crippen LogP contribution in [0, 0.1) is 102 Å². The SMILES string of the molecule is N#C/C(c1ccc(C#N)c(C#N)c1C(F)(F)F)=c1/cc(C#N)/c(=C(/C#N)c2ccc(C#N)c(C#N)c2C(F)(F)F)c(C#N)c1C#N. The van der Waals surface area contributed by atoms with Gasteiger partial charge in [0.2, 0.25) is 0 Å². The fourth-order valence-electron chi connectivity index (χ4n) is 4.60. The molecule has 0 amide bonds. The third-order valence-electron chi connectivity index (χ3n) is 6.40. The van der Waals surface area contributed by atoms with Crippen LogP contribution in [0.4, 0.5) is 26.3 Å². The summed E-state index contributed by atoms with van der Waals surface area (Å²) in [6.07, 6.45) is -10.7. The molecular weight excluding hydrogens is 612 g/mol. The van der Waals surface area contributed by atoms with Gasteiger partial charge in [-0.25, -0.2) is 0 Å². The van der Waals surface area contributed by atoms with E-state index in [9.17, 15) is 73.7 Å². The first-order chi connectivity index (χ1) is 21.7. The first-order valence-corrected chi connectivity index (χ1v) is 11.8. The molecule has 0 saturated carbocycles. The van der Waals surface area contributed by atoms with Crippen LogP contribution in [0.25, 0.3) is 11.1 Å². The Bertz CT molecular complexity index is 2390. The summed E-state index contributed by atoms with van der Waals surface area (Å²) >= 11 is 0. The molecule has 0 unspecified atom stereocenters. The Labute approximate surface area is 253 Å². The average molecular weight is 617 g/mol. The van der Waals surface area contributed by atoms with Gasteiger partial charge in [0.1, 0.15) is 48.6 Å². The van der Waals surface area contributed by atoms with E-state index < -0.39 is 95.1 Å². The van der Waals surface area contributed by atoms with Crippen molar-refractivity contribution in [2.24, 2.45) is 0 Å². The van der Waals surface area contributed by atoms with Gasteiger partial charge in [-0.2, -0.15) is 73.7 Å². The fourth-order valence-corrected chi connectivity index (χ4v) is 4.60. The zero-order valence-corrected chi connectivity index (χ0v) is 22.2. The third-order valence-corrected chi connectivity index (χ3v) is 6.40. The number of benzene rings is 3. The maximum absolute atomic E-state index is 14.2. The highest BCUT2D eigenvalue weighted by Gasteiger charge is 2.40. The molecule has 0 saturated heterocycles. The van der Waals surface area contributed by atoms with Crippen molar-refractivity contribution in [3.8, 4) is 54.6 Å². The molecule has 0 N–H and O–H groups in total. The normalized spacial score (nSPS) is 11.8. The number of nitrogens with zero attached hydrogens (tertiary/aromatic N) is 9. The van der Waals surface area contributed by atoms with Crippen LogP contribution in [0.3, 0.4) is 0 Å². The lowest BCUT2D eigenvalue weighted by atomic mass is 9.86. The molecule has 0 fully saturated rings. The van der Waals surface area contributed by atoms with Crippen molar-refractivity contribution in [2.75, 3.05) is 0 Å². The van der Waals surface area contributed by atoms with Crippen LogP contribution in [0.1, 0.15) is 61.2 Å². The topological polar surface area (TPSA) is 214 Å². The van der Waals surface area contributed by atoms with Gasteiger partial charge in [0, 0.05) is 21.6 Å². The monoisotopic (exact) mass is 617 g/mol. The minimum absolute atomic E-state index is 0.608. The molecular formula is C31H5F6N9. The second-order valence-corrected chi connectivity index (χ2v) is 8.67. The molecule has 0 heterocycles. The van der Waals surface area contributed by atoms with Crippen molar-refractivity contribution in [3.05, 3.63) is 102 Å². The van der Waals surface area contributed by atoms with Crippen molar-refractivity contribution >= 4 is 11.1 Å². The van der Waals surface area contributed by atoms with Gasteiger partial charge in [-0.15, -0.1) is 0 Å². The second-order valence-electron chi connectivity index (χ2n) is 8.67. The van der Waals surface area contributed by atoms with E-state index >= 15 is 0 Å². The number of alkyl halides is 6. The largest absolute Gasteiger partial charge is 0.418 e. The van der Waals surface area contributed by atoms with E-state index in [0.717, 1.165) is 12.1 Å². The van der Waals surface area contributed by atoms with Crippen LogP contribution in [0.2, 0.25) is 0 Å². The Morgan fingerprint density at radius 2 is 0.848 bits per heavy atom. The first-order valence-electron chi connectivity index (χ1n) is 11.8. The van der Waals surface area contributed by atoms with E-state index in [4.69, 9.17) is 0 Å². The lowest BCUT2D eigenvalue weighted by Crippen LogP contribution is -2.27. The smallest absolute Gasteiger partial charge is 0.192 e. The molecule has 3 aromatic carbocycles. The highest BCUT2D eigenvalue weighted by Crippen LogP contribution is 2.39. The lowest BCUT2D eigenvalue weighted by Gasteiger charge is -2.16. The quantitative estimate of drug-likeness (QED) is 0.375. The molecule has 0 spiro atoms. The first kappa shape index (κ1) is 32.9. The molecule has 0 aliphatic heterocycles. The van der Waals surface area contributed by atoms with Crippen molar-refractivity contribution < 1.29 is 26.3 Å². The van der Waals surface area contributed by atoms with Crippen molar-refractivity contribution in [1.82, 2.24) is 0 Å². The Balaban J connectivity index is 2.82. The molecule has 46 heavy (non-hydrogen) atoms. The summed E-state index contributed by atoms with van der Waals surface area (Å²) in [6, 6.07) is 16.0. The van der Waals surface area contributed by atoms with E-state index in [1.165, 1.54) is 54.6 Å². The standard InChI is InChI=1S/C31H5F6N9/c32-30(33,34)28-18(3-1-15(6-38)21(28)9-41)23(11-43)20-5-17(8-40)27(26(14-46)24(20)12-44)25(13-45)19-4-2-16(7-39)22(10-42)29(19)31(35,36)37/h1-5H/b23-20+,27-25+. The summed E-state index contributed by atoms with van der Waals surface area (Å²) in [5, 5.41) is 85.6. The zero-order valence-electron chi connectivity index (χ0n) is 22.2. The Kier molecular flexibility index (Phi) is 8.81. The maximum atomic E-state index is 14.2. The van der Waals surface area contributed by atoms with Gasteiger partial charge in [0.15, 0.2) is 0 Å². The van der Waals surface area contributed by atoms with Crippen molar-refractivity contribution in [2.45, 2.75) is 12.4 Å². The molecule has 9 nitrogen and oxygen atoms in total. The van der Waals surface area contributed by atoms with Gasteiger partial charge in [-0.05, 0) is 18.2 Å². The van der Waals surface area contributed by atoms with Crippen LogP contribution < -0.4 is 10.4 Å². The predicted molar refractivity (Wildman–Crippen MR) is 138 cm³/mol. The van der Waals surface area contributed by atoms with E-state index in [2.05, 4.69) is 0 Å². The van der Waals surface area contributed by atoms with E-state index in [1.807, 2.05) is 0 Å². The van der Waals surface area contributed by atoms with Gasteiger partial charge in [0.05, 0.1) is 67.3 Å².